The Labute approximate surface area is 133 Å². The molecule has 3 aromatic rings. The van der Waals surface area contributed by atoms with Crippen LogP contribution in [0, 0.1) is 24.1 Å². The first-order valence-corrected chi connectivity index (χ1v) is 7.06. The molecule has 0 unspecified atom stereocenters. The zero-order valence-corrected chi connectivity index (χ0v) is 12.5. The van der Waals surface area contributed by atoms with Crippen LogP contribution in [0.15, 0.2) is 48.9 Å². The third-order valence-electron chi connectivity index (χ3n) is 3.46. The van der Waals surface area contributed by atoms with E-state index in [9.17, 15) is 4.39 Å². The first-order chi connectivity index (χ1) is 11.2. The second kappa shape index (κ2) is 6.28. The maximum absolute atomic E-state index is 14.3. The fourth-order valence-corrected chi connectivity index (χ4v) is 2.25. The first-order valence-electron chi connectivity index (χ1n) is 7.06. The van der Waals surface area contributed by atoms with Gasteiger partial charge in [0.2, 0.25) is 0 Å². The molecule has 0 aliphatic rings. The Hall–Kier alpha value is -3.20. The predicted molar refractivity (Wildman–Crippen MR) is 84.5 cm³/mol. The molecular formula is C17H14FN5. The van der Waals surface area contributed by atoms with Crippen molar-refractivity contribution in [2.45, 2.75) is 13.5 Å². The second-order valence-electron chi connectivity index (χ2n) is 5.03. The Balaban J connectivity index is 1.73. The molecule has 1 aromatic carbocycles. The SMILES string of the molecule is Cc1nccn1-c1ccc(CNc2ccc(C#N)cn2)cc1F. The van der Waals surface area contributed by atoms with Crippen LogP contribution in [0.5, 0.6) is 0 Å². The highest BCUT2D eigenvalue weighted by atomic mass is 19.1. The van der Waals surface area contributed by atoms with Crippen molar-refractivity contribution in [1.29, 1.82) is 5.26 Å². The molecule has 23 heavy (non-hydrogen) atoms. The van der Waals surface area contributed by atoms with Crippen LogP contribution in [-0.2, 0) is 6.54 Å². The van der Waals surface area contributed by atoms with Gasteiger partial charge in [-0.1, -0.05) is 6.07 Å². The van der Waals surface area contributed by atoms with E-state index in [2.05, 4.69) is 15.3 Å². The van der Waals surface area contributed by atoms with Crippen molar-refractivity contribution in [2.24, 2.45) is 0 Å². The maximum atomic E-state index is 14.3. The van der Waals surface area contributed by atoms with E-state index >= 15 is 0 Å². The summed E-state index contributed by atoms with van der Waals surface area (Å²) < 4.78 is 16.0. The van der Waals surface area contributed by atoms with Crippen LogP contribution in [0.3, 0.4) is 0 Å². The van der Waals surface area contributed by atoms with Crippen molar-refractivity contribution in [3.8, 4) is 11.8 Å². The van der Waals surface area contributed by atoms with Gasteiger partial charge in [0.05, 0.1) is 11.3 Å². The molecule has 2 heterocycles. The number of benzene rings is 1. The summed E-state index contributed by atoms with van der Waals surface area (Å²) in [4.78, 5) is 8.22. The Morgan fingerprint density at radius 2 is 2.13 bits per heavy atom. The molecule has 3 rings (SSSR count). The molecule has 5 nitrogen and oxygen atoms in total. The number of nitrogens with zero attached hydrogens (tertiary/aromatic N) is 4. The number of pyridine rings is 1. The van der Waals surface area contributed by atoms with Crippen LogP contribution in [-0.4, -0.2) is 14.5 Å². The maximum Gasteiger partial charge on any atom is 0.147 e. The van der Waals surface area contributed by atoms with E-state index in [1.807, 2.05) is 19.1 Å². The van der Waals surface area contributed by atoms with Crippen molar-refractivity contribution < 1.29 is 4.39 Å². The molecule has 0 spiro atoms. The summed E-state index contributed by atoms with van der Waals surface area (Å²) in [5.41, 5.74) is 1.78. The number of nitriles is 1. The van der Waals surface area contributed by atoms with Crippen molar-refractivity contribution >= 4 is 5.82 Å². The fourth-order valence-electron chi connectivity index (χ4n) is 2.25. The van der Waals surface area contributed by atoms with Crippen LogP contribution < -0.4 is 5.32 Å². The van der Waals surface area contributed by atoms with Gasteiger partial charge < -0.3 is 9.88 Å². The summed E-state index contributed by atoms with van der Waals surface area (Å²) >= 11 is 0. The normalized spacial score (nSPS) is 10.3. The van der Waals surface area contributed by atoms with E-state index < -0.39 is 0 Å². The van der Waals surface area contributed by atoms with Gasteiger partial charge in [-0.05, 0) is 36.8 Å². The third-order valence-corrected chi connectivity index (χ3v) is 3.46. The minimum Gasteiger partial charge on any atom is -0.366 e. The molecule has 114 valence electrons. The lowest BCUT2D eigenvalue weighted by Crippen LogP contribution is -2.04. The van der Waals surface area contributed by atoms with Gasteiger partial charge in [0, 0.05) is 25.1 Å². The van der Waals surface area contributed by atoms with Gasteiger partial charge in [0.15, 0.2) is 0 Å². The zero-order chi connectivity index (χ0) is 16.2. The summed E-state index contributed by atoms with van der Waals surface area (Å²) in [7, 11) is 0. The van der Waals surface area contributed by atoms with Crippen molar-refractivity contribution in [3.05, 3.63) is 71.7 Å². The molecule has 6 heteroatoms. The zero-order valence-electron chi connectivity index (χ0n) is 12.5. The predicted octanol–water partition coefficient (Wildman–Crippen LogP) is 3.20. The molecule has 0 radical (unpaired) electrons. The lowest BCUT2D eigenvalue weighted by molar-refractivity contribution is 0.614. The van der Waals surface area contributed by atoms with Crippen LogP contribution in [0.4, 0.5) is 10.2 Å². The molecule has 0 saturated carbocycles. The highest BCUT2D eigenvalue weighted by Gasteiger charge is 2.08. The molecule has 0 saturated heterocycles. The Kier molecular flexibility index (Phi) is 4.02. The summed E-state index contributed by atoms with van der Waals surface area (Å²) in [5.74, 6) is 1.06. The van der Waals surface area contributed by atoms with Gasteiger partial charge in [0.25, 0.3) is 0 Å². The average Bonchev–Trinajstić information content (AvgIpc) is 2.99. The van der Waals surface area contributed by atoms with Crippen molar-refractivity contribution in [1.82, 2.24) is 14.5 Å². The summed E-state index contributed by atoms with van der Waals surface area (Å²) in [6.07, 6.45) is 4.86. The van der Waals surface area contributed by atoms with E-state index in [4.69, 9.17) is 5.26 Å². The minimum atomic E-state index is -0.307. The molecule has 0 bridgehead atoms. The largest absolute Gasteiger partial charge is 0.366 e. The number of nitrogens with one attached hydrogen (secondary N) is 1. The number of imidazole rings is 1. The van der Waals surface area contributed by atoms with Gasteiger partial charge in [0.1, 0.15) is 23.5 Å². The number of aromatic nitrogens is 3. The Bertz CT molecular complexity index is 861. The molecule has 0 aliphatic carbocycles. The van der Waals surface area contributed by atoms with Crippen LogP contribution in [0.1, 0.15) is 17.0 Å². The van der Waals surface area contributed by atoms with Gasteiger partial charge >= 0.3 is 0 Å². The molecule has 0 atom stereocenters. The van der Waals surface area contributed by atoms with Crippen LogP contribution in [0.25, 0.3) is 5.69 Å². The number of anilines is 1. The van der Waals surface area contributed by atoms with Gasteiger partial charge in [-0.15, -0.1) is 0 Å². The molecule has 2 aromatic heterocycles. The number of halogens is 1. The lowest BCUT2D eigenvalue weighted by atomic mass is 10.2. The van der Waals surface area contributed by atoms with E-state index in [1.54, 1.807) is 35.2 Å². The van der Waals surface area contributed by atoms with Crippen LogP contribution in [0.2, 0.25) is 0 Å². The van der Waals surface area contributed by atoms with Gasteiger partial charge in [-0.2, -0.15) is 5.26 Å². The van der Waals surface area contributed by atoms with E-state index in [-0.39, 0.29) is 5.82 Å². The molecular weight excluding hydrogens is 293 g/mol. The molecule has 0 fully saturated rings. The van der Waals surface area contributed by atoms with Crippen molar-refractivity contribution in [2.75, 3.05) is 5.32 Å². The summed E-state index contributed by atoms with van der Waals surface area (Å²) in [6.45, 7) is 2.27. The molecule has 1 N–H and O–H groups in total. The topological polar surface area (TPSA) is 66.5 Å². The number of hydrogen-bond acceptors (Lipinski definition) is 4. The quantitative estimate of drug-likeness (QED) is 0.804. The Morgan fingerprint density at radius 3 is 2.74 bits per heavy atom. The van der Waals surface area contributed by atoms with Crippen molar-refractivity contribution in [3.63, 3.8) is 0 Å². The smallest absolute Gasteiger partial charge is 0.147 e. The monoisotopic (exact) mass is 307 g/mol. The standard InChI is InChI=1S/C17H14FN5/c1-12-20-6-7-23(12)16-4-2-13(8-15(16)18)10-21-17-5-3-14(9-19)11-22-17/h2-8,11H,10H2,1H3,(H,21,22). The number of aryl methyl sites for hydroxylation is 1. The average molecular weight is 307 g/mol. The number of rotatable bonds is 4. The van der Waals surface area contributed by atoms with Crippen LogP contribution >= 0.6 is 0 Å². The molecule has 0 aliphatic heterocycles. The highest BCUT2D eigenvalue weighted by Crippen LogP contribution is 2.17. The van der Waals surface area contributed by atoms with E-state index in [0.717, 1.165) is 11.4 Å². The first kappa shape index (κ1) is 14.7. The van der Waals surface area contributed by atoms with Gasteiger partial charge in [-0.25, -0.2) is 14.4 Å². The summed E-state index contributed by atoms with van der Waals surface area (Å²) in [5, 5.41) is 11.8. The fraction of sp³-hybridized carbons (Fsp3) is 0.118. The highest BCUT2D eigenvalue weighted by molar-refractivity contribution is 5.42. The molecule has 0 amide bonds. The van der Waals surface area contributed by atoms with Gasteiger partial charge in [-0.3, -0.25) is 0 Å². The third kappa shape index (κ3) is 3.19. The minimum absolute atomic E-state index is 0.307. The Morgan fingerprint density at radius 1 is 1.26 bits per heavy atom. The second-order valence-corrected chi connectivity index (χ2v) is 5.03. The number of hydrogen-bond donors (Lipinski definition) is 1. The van der Waals surface area contributed by atoms with E-state index in [1.165, 1.54) is 12.3 Å². The summed E-state index contributed by atoms with van der Waals surface area (Å²) in [6, 6.07) is 10.5. The lowest BCUT2D eigenvalue weighted by Gasteiger charge is -2.10. The van der Waals surface area contributed by atoms with E-state index in [0.29, 0.717) is 23.6 Å².